The Morgan fingerprint density at radius 3 is 2.40 bits per heavy atom. The van der Waals surface area contributed by atoms with Gasteiger partial charge in [0.05, 0.1) is 11.1 Å². The van der Waals surface area contributed by atoms with Crippen LogP contribution in [0.25, 0.3) is 0 Å². The molecule has 0 aliphatic carbocycles. The summed E-state index contributed by atoms with van der Waals surface area (Å²) in [4.78, 5) is 37.9. The fraction of sp³-hybridized carbons (Fsp3) is 0.150. The van der Waals surface area contributed by atoms with Gasteiger partial charge < -0.3 is 13.9 Å². The molecule has 10 heteroatoms. The fourth-order valence-corrected chi connectivity index (χ4v) is 3.24. The number of carbonyl (C=O) groups is 3. The predicted octanol–water partition coefficient (Wildman–Crippen LogP) is 1.82. The minimum absolute atomic E-state index is 0.125. The van der Waals surface area contributed by atoms with Crippen molar-refractivity contribution in [3.05, 3.63) is 65.5 Å². The molecule has 0 bridgehead atoms. The van der Waals surface area contributed by atoms with Crippen molar-refractivity contribution in [1.82, 2.24) is 15.1 Å². The first kappa shape index (κ1) is 17.9. The molecule has 150 valence electrons. The monoisotopic (exact) mass is 406 g/mol. The molecule has 1 atom stereocenters. The number of amides is 3. The van der Waals surface area contributed by atoms with Gasteiger partial charge in [0.2, 0.25) is 12.0 Å². The highest BCUT2D eigenvalue weighted by molar-refractivity contribution is 6.22. The molecule has 10 nitrogen and oxygen atoms in total. The van der Waals surface area contributed by atoms with E-state index in [1.165, 1.54) is 0 Å². The zero-order chi connectivity index (χ0) is 20.7. The van der Waals surface area contributed by atoms with Gasteiger partial charge in [0.1, 0.15) is 13.2 Å². The van der Waals surface area contributed by atoms with Crippen molar-refractivity contribution in [3.8, 4) is 11.5 Å². The number of aromatic nitrogens is 2. The highest BCUT2D eigenvalue weighted by Crippen LogP contribution is 2.35. The Hall–Kier alpha value is -4.21. The summed E-state index contributed by atoms with van der Waals surface area (Å²) in [6.07, 6.45) is -0.630. The number of nitrogens with zero attached hydrogens (tertiary/aromatic N) is 3. The van der Waals surface area contributed by atoms with Crippen molar-refractivity contribution >= 4 is 23.7 Å². The molecule has 1 aromatic heterocycles. The van der Waals surface area contributed by atoms with Gasteiger partial charge in [-0.2, -0.15) is 0 Å². The van der Waals surface area contributed by atoms with Crippen LogP contribution >= 0.6 is 0 Å². The first-order valence-corrected chi connectivity index (χ1v) is 9.07. The Balaban J connectivity index is 1.24. The number of fused-ring (bicyclic) bond motifs is 2. The number of imide groups is 1. The van der Waals surface area contributed by atoms with E-state index in [1.807, 2.05) is 12.1 Å². The van der Waals surface area contributed by atoms with E-state index >= 15 is 0 Å². The molecule has 0 fully saturated rings. The van der Waals surface area contributed by atoms with Crippen LogP contribution in [-0.4, -0.2) is 46.0 Å². The SMILES string of the molecule is O=C(CN1C(=O)c2ccccc2C1=O)Nc1nnc([C@@H]2COc3ccccc3O2)o1. The molecule has 0 saturated carbocycles. The predicted molar refractivity (Wildman–Crippen MR) is 100 cm³/mol. The maximum absolute atomic E-state index is 12.3. The largest absolute Gasteiger partial charge is 0.485 e. The van der Waals surface area contributed by atoms with Crippen LogP contribution in [-0.2, 0) is 4.79 Å². The molecule has 2 aliphatic heterocycles. The maximum Gasteiger partial charge on any atom is 0.322 e. The fourth-order valence-electron chi connectivity index (χ4n) is 3.24. The Bertz CT molecular complexity index is 1140. The molecular formula is C20H14N4O6. The number of hydrogen-bond acceptors (Lipinski definition) is 8. The van der Waals surface area contributed by atoms with E-state index in [-0.39, 0.29) is 29.6 Å². The average Bonchev–Trinajstić information content (AvgIpc) is 3.32. The van der Waals surface area contributed by atoms with E-state index in [2.05, 4.69) is 15.5 Å². The Kier molecular flexibility index (Phi) is 4.16. The van der Waals surface area contributed by atoms with E-state index in [0.717, 1.165) is 4.90 Å². The van der Waals surface area contributed by atoms with Crippen LogP contribution in [0, 0.1) is 0 Å². The maximum atomic E-state index is 12.3. The Morgan fingerprint density at radius 2 is 1.67 bits per heavy atom. The zero-order valence-electron chi connectivity index (χ0n) is 15.4. The minimum Gasteiger partial charge on any atom is -0.485 e. The van der Waals surface area contributed by atoms with Crippen LogP contribution in [0.1, 0.15) is 32.7 Å². The molecule has 30 heavy (non-hydrogen) atoms. The molecule has 2 aliphatic rings. The van der Waals surface area contributed by atoms with Crippen LogP contribution in [0.3, 0.4) is 0 Å². The molecule has 2 aromatic carbocycles. The third-order valence-corrected chi connectivity index (χ3v) is 4.65. The summed E-state index contributed by atoms with van der Waals surface area (Å²) >= 11 is 0. The highest BCUT2D eigenvalue weighted by atomic mass is 16.6. The zero-order valence-corrected chi connectivity index (χ0v) is 15.4. The molecule has 3 heterocycles. The lowest BCUT2D eigenvalue weighted by atomic mass is 10.1. The summed E-state index contributed by atoms with van der Waals surface area (Å²) < 4.78 is 16.8. The second-order valence-corrected chi connectivity index (χ2v) is 6.60. The van der Waals surface area contributed by atoms with Gasteiger partial charge in [-0.1, -0.05) is 29.4 Å². The number of ether oxygens (including phenoxy) is 2. The van der Waals surface area contributed by atoms with E-state index in [1.54, 1.807) is 36.4 Å². The second-order valence-electron chi connectivity index (χ2n) is 6.60. The van der Waals surface area contributed by atoms with Gasteiger partial charge in [-0.25, -0.2) is 0 Å². The number of carbonyl (C=O) groups excluding carboxylic acids is 3. The van der Waals surface area contributed by atoms with Crippen molar-refractivity contribution in [2.75, 3.05) is 18.5 Å². The average molecular weight is 406 g/mol. The Morgan fingerprint density at radius 1 is 1.00 bits per heavy atom. The lowest BCUT2D eigenvalue weighted by molar-refractivity contribution is -0.116. The van der Waals surface area contributed by atoms with Crippen LogP contribution < -0.4 is 14.8 Å². The number of nitrogens with one attached hydrogen (secondary N) is 1. The lowest BCUT2D eigenvalue weighted by Crippen LogP contribution is -2.37. The van der Waals surface area contributed by atoms with Crippen molar-refractivity contribution in [2.24, 2.45) is 0 Å². The number of rotatable bonds is 4. The molecule has 0 radical (unpaired) electrons. The third kappa shape index (κ3) is 3.04. The van der Waals surface area contributed by atoms with Crippen molar-refractivity contribution < 1.29 is 28.3 Å². The van der Waals surface area contributed by atoms with Crippen LogP contribution in [0.15, 0.2) is 52.9 Å². The van der Waals surface area contributed by atoms with E-state index < -0.39 is 30.4 Å². The molecule has 1 N–H and O–H groups in total. The van der Waals surface area contributed by atoms with E-state index in [4.69, 9.17) is 13.9 Å². The smallest absolute Gasteiger partial charge is 0.322 e. The van der Waals surface area contributed by atoms with Crippen LogP contribution in [0.5, 0.6) is 11.5 Å². The van der Waals surface area contributed by atoms with Gasteiger partial charge in [0.15, 0.2) is 11.5 Å². The van der Waals surface area contributed by atoms with E-state index in [9.17, 15) is 14.4 Å². The number of anilines is 1. The quantitative estimate of drug-likeness (QED) is 0.651. The molecule has 0 saturated heterocycles. The number of hydrogen-bond donors (Lipinski definition) is 1. The molecule has 0 unspecified atom stereocenters. The molecule has 3 amide bonds. The molecular weight excluding hydrogens is 392 g/mol. The van der Waals surface area contributed by atoms with Gasteiger partial charge in [0.25, 0.3) is 17.7 Å². The van der Waals surface area contributed by atoms with Crippen molar-refractivity contribution in [2.45, 2.75) is 6.10 Å². The standard InChI is InChI=1S/C20H14N4O6/c25-16(9-24-18(26)11-5-1-2-6-12(11)19(24)27)21-20-23-22-17(30-20)15-10-28-13-7-3-4-8-14(13)29-15/h1-8,15H,9-10H2,(H,21,23,25)/t15-/m0/s1. The van der Waals surface area contributed by atoms with Gasteiger partial charge >= 0.3 is 6.01 Å². The first-order valence-electron chi connectivity index (χ1n) is 9.07. The van der Waals surface area contributed by atoms with Gasteiger partial charge in [-0.15, -0.1) is 5.10 Å². The normalized spacial score (nSPS) is 17.1. The summed E-state index contributed by atoms with van der Waals surface area (Å²) in [6.45, 7) is -0.303. The van der Waals surface area contributed by atoms with Gasteiger partial charge in [-0.05, 0) is 24.3 Å². The van der Waals surface area contributed by atoms with Gasteiger partial charge in [0, 0.05) is 0 Å². The summed E-state index contributed by atoms with van der Waals surface area (Å²) in [5.74, 6) is -0.413. The Labute approximate surface area is 169 Å². The van der Waals surface area contributed by atoms with Crippen molar-refractivity contribution in [1.29, 1.82) is 0 Å². The van der Waals surface area contributed by atoms with Gasteiger partial charge in [-0.3, -0.25) is 24.6 Å². The van der Waals surface area contributed by atoms with Crippen molar-refractivity contribution in [3.63, 3.8) is 0 Å². The lowest BCUT2D eigenvalue weighted by Gasteiger charge is -2.23. The topological polar surface area (TPSA) is 124 Å². The van der Waals surface area contributed by atoms with Crippen LogP contribution in [0.2, 0.25) is 0 Å². The van der Waals surface area contributed by atoms with E-state index in [0.29, 0.717) is 11.5 Å². The summed E-state index contributed by atoms with van der Waals surface area (Å²) in [5.41, 5.74) is 0.537. The third-order valence-electron chi connectivity index (χ3n) is 4.65. The molecule has 3 aromatic rings. The van der Waals surface area contributed by atoms with Crippen LogP contribution in [0.4, 0.5) is 6.01 Å². The number of benzene rings is 2. The first-order chi connectivity index (χ1) is 14.6. The molecule has 0 spiro atoms. The number of para-hydroxylation sites is 2. The minimum atomic E-state index is -0.647. The summed E-state index contributed by atoms with van der Waals surface area (Å²) in [6, 6.07) is 13.4. The summed E-state index contributed by atoms with van der Waals surface area (Å²) in [5, 5.41) is 10.0. The molecule has 5 rings (SSSR count). The highest BCUT2D eigenvalue weighted by Gasteiger charge is 2.36. The summed E-state index contributed by atoms with van der Waals surface area (Å²) in [7, 11) is 0. The second kappa shape index (κ2) is 6.99.